The third-order valence-electron chi connectivity index (χ3n) is 4.04. The van der Waals surface area contributed by atoms with E-state index in [0.29, 0.717) is 25.0 Å². The number of primary amides is 1. The summed E-state index contributed by atoms with van der Waals surface area (Å²) in [6.45, 7) is 9.81. The highest BCUT2D eigenvalue weighted by molar-refractivity contribution is 5.76. The minimum atomic E-state index is -0.204. The Labute approximate surface area is 120 Å². The van der Waals surface area contributed by atoms with Crippen LogP contribution in [0.1, 0.15) is 52.2 Å². The third-order valence-corrected chi connectivity index (χ3v) is 4.04. The summed E-state index contributed by atoms with van der Waals surface area (Å²) in [5.74, 6) is 1.35. The van der Waals surface area contributed by atoms with Gasteiger partial charge in [0.25, 0.3) is 0 Å². The maximum Gasteiger partial charge on any atom is 0.221 e. The van der Waals surface area contributed by atoms with Crippen LogP contribution >= 0.6 is 0 Å². The number of aromatic nitrogens is 1. The molecular formula is C15H25N3O2. The average molecular weight is 279 g/mol. The molecule has 1 fully saturated rings. The molecule has 0 spiro atoms. The Morgan fingerprint density at radius 2 is 2.20 bits per heavy atom. The second-order valence-electron chi connectivity index (χ2n) is 6.82. The summed E-state index contributed by atoms with van der Waals surface area (Å²) >= 11 is 0. The van der Waals surface area contributed by atoms with Gasteiger partial charge in [0.2, 0.25) is 11.8 Å². The van der Waals surface area contributed by atoms with E-state index in [9.17, 15) is 4.79 Å². The molecular weight excluding hydrogens is 254 g/mol. The Bertz CT molecular complexity index is 476. The molecule has 20 heavy (non-hydrogen) atoms. The van der Waals surface area contributed by atoms with E-state index in [-0.39, 0.29) is 17.2 Å². The molecule has 2 heterocycles. The van der Waals surface area contributed by atoms with Crippen molar-refractivity contribution in [3.8, 4) is 0 Å². The van der Waals surface area contributed by atoms with Gasteiger partial charge in [0, 0.05) is 18.0 Å². The van der Waals surface area contributed by atoms with Crippen LogP contribution in [0.2, 0.25) is 0 Å². The van der Waals surface area contributed by atoms with Gasteiger partial charge in [0.05, 0.1) is 18.7 Å². The fourth-order valence-corrected chi connectivity index (χ4v) is 2.54. The van der Waals surface area contributed by atoms with E-state index < -0.39 is 0 Å². The molecule has 1 saturated heterocycles. The van der Waals surface area contributed by atoms with Gasteiger partial charge >= 0.3 is 0 Å². The predicted molar refractivity (Wildman–Crippen MR) is 77.0 cm³/mol. The number of oxazole rings is 1. The lowest BCUT2D eigenvalue weighted by molar-refractivity contribution is -0.124. The summed E-state index contributed by atoms with van der Waals surface area (Å²) in [6, 6.07) is 0.426. The first kappa shape index (κ1) is 15.0. The van der Waals surface area contributed by atoms with Gasteiger partial charge in [-0.25, -0.2) is 4.98 Å². The first-order valence-electron chi connectivity index (χ1n) is 7.26. The Morgan fingerprint density at radius 1 is 1.50 bits per heavy atom. The number of carbonyl (C=O) groups excluding carboxylic acids is 1. The fourth-order valence-electron chi connectivity index (χ4n) is 2.54. The Balaban J connectivity index is 2.04. The Hall–Kier alpha value is -1.36. The fraction of sp³-hybridized carbons (Fsp3) is 0.733. The molecule has 0 saturated carbocycles. The van der Waals surface area contributed by atoms with Crippen molar-refractivity contribution in [2.75, 3.05) is 6.54 Å². The van der Waals surface area contributed by atoms with Crippen LogP contribution in [0.15, 0.2) is 10.6 Å². The van der Waals surface area contributed by atoms with Crippen LogP contribution in [0, 0.1) is 5.92 Å². The highest BCUT2D eigenvalue weighted by atomic mass is 16.4. The van der Waals surface area contributed by atoms with Crippen molar-refractivity contribution in [3.63, 3.8) is 0 Å². The van der Waals surface area contributed by atoms with Crippen LogP contribution in [0.25, 0.3) is 0 Å². The summed E-state index contributed by atoms with van der Waals surface area (Å²) < 4.78 is 5.83. The van der Waals surface area contributed by atoms with Crippen LogP contribution < -0.4 is 5.73 Å². The zero-order valence-corrected chi connectivity index (χ0v) is 12.8. The molecule has 2 N–H and O–H groups in total. The highest BCUT2D eigenvalue weighted by Gasteiger charge is 2.29. The number of carbonyl (C=O) groups is 1. The van der Waals surface area contributed by atoms with E-state index in [1.165, 1.54) is 0 Å². The first-order valence-corrected chi connectivity index (χ1v) is 7.26. The quantitative estimate of drug-likeness (QED) is 0.919. The second-order valence-corrected chi connectivity index (χ2v) is 6.82. The largest absolute Gasteiger partial charge is 0.444 e. The zero-order valence-electron chi connectivity index (χ0n) is 12.8. The molecule has 1 aliphatic heterocycles. The van der Waals surface area contributed by atoms with E-state index in [2.05, 4.69) is 37.6 Å². The van der Waals surface area contributed by atoms with Crippen molar-refractivity contribution in [2.24, 2.45) is 11.7 Å². The number of hydrogen-bond donors (Lipinski definition) is 1. The van der Waals surface area contributed by atoms with Crippen LogP contribution in [-0.2, 0) is 16.8 Å². The Kier molecular flexibility index (Phi) is 4.18. The average Bonchev–Trinajstić information content (AvgIpc) is 2.80. The lowest BCUT2D eigenvalue weighted by atomic mass is 9.93. The molecule has 1 amide bonds. The van der Waals surface area contributed by atoms with E-state index in [1.807, 2.05) is 0 Å². The topological polar surface area (TPSA) is 72.4 Å². The number of rotatable bonds is 3. The Morgan fingerprint density at radius 3 is 2.75 bits per heavy atom. The van der Waals surface area contributed by atoms with Crippen molar-refractivity contribution >= 4 is 5.91 Å². The molecule has 1 aromatic rings. The van der Waals surface area contributed by atoms with Crippen LogP contribution in [0.3, 0.4) is 0 Å². The minimum Gasteiger partial charge on any atom is -0.444 e. The summed E-state index contributed by atoms with van der Waals surface area (Å²) in [6.07, 6.45) is 3.67. The highest BCUT2D eigenvalue weighted by Crippen LogP contribution is 2.26. The van der Waals surface area contributed by atoms with Gasteiger partial charge in [-0.15, -0.1) is 0 Å². The van der Waals surface area contributed by atoms with Gasteiger partial charge in [-0.3, -0.25) is 9.69 Å². The summed E-state index contributed by atoms with van der Waals surface area (Å²) in [7, 11) is 0. The predicted octanol–water partition coefficient (Wildman–Crippen LogP) is 2.06. The number of likely N-dealkylation sites (tertiary alicyclic amines) is 1. The molecule has 5 nitrogen and oxygen atoms in total. The first-order chi connectivity index (χ1) is 9.27. The van der Waals surface area contributed by atoms with Crippen LogP contribution in [0.4, 0.5) is 0 Å². The zero-order chi connectivity index (χ0) is 14.9. The SMILES string of the molecule is C[C@@H]1CC[C@H](C(N)=O)CN1Cc1ncc(C(C)(C)C)o1. The number of nitrogens with two attached hydrogens (primary N) is 1. The van der Waals surface area contributed by atoms with Gasteiger partial charge in [0.1, 0.15) is 5.76 Å². The van der Waals surface area contributed by atoms with E-state index in [1.54, 1.807) is 6.20 Å². The number of nitrogens with zero attached hydrogens (tertiary/aromatic N) is 2. The lowest BCUT2D eigenvalue weighted by Crippen LogP contribution is -2.45. The van der Waals surface area contributed by atoms with Crippen molar-refractivity contribution in [1.29, 1.82) is 0 Å². The minimum absolute atomic E-state index is 0.0332. The number of amides is 1. The van der Waals surface area contributed by atoms with Gasteiger partial charge in [-0.05, 0) is 19.8 Å². The molecule has 5 heteroatoms. The van der Waals surface area contributed by atoms with Crippen molar-refractivity contribution in [3.05, 3.63) is 17.8 Å². The third kappa shape index (κ3) is 3.39. The molecule has 0 aromatic carbocycles. The molecule has 112 valence electrons. The monoisotopic (exact) mass is 279 g/mol. The molecule has 0 bridgehead atoms. The standard InChI is InChI=1S/C15H25N3O2/c1-10-5-6-11(14(16)19)8-18(10)9-13-17-7-12(20-13)15(2,3)4/h7,10-11H,5-6,8-9H2,1-4H3,(H2,16,19)/t10-,11+/m1/s1. The van der Waals surface area contributed by atoms with Gasteiger partial charge in [-0.1, -0.05) is 20.8 Å². The molecule has 2 rings (SSSR count). The molecule has 0 aliphatic carbocycles. The normalized spacial score (nSPS) is 24.8. The van der Waals surface area contributed by atoms with Gasteiger partial charge in [-0.2, -0.15) is 0 Å². The lowest BCUT2D eigenvalue weighted by Gasteiger charge is -2.35. The summed E-state index contributed by atoms with van der Waals surface area (Å²) in [4.78, 5) is 17.9. The molecule has 0 unspecified atom stereocenters. The van der Waals surface area contributed by atoms with E-state index in [0.717, 1.165) is 18.6 Å². The summed E-state index contributed by atoms with van der Waals surface area (Å²) in [5.41, 5.74) is 5.39. The molecule has 0 radical (unpaired) electrons. The molecule has 2 atom stereocenters. The van der Waals surface area contributed by atoms with E-state index >= 15 is 0 Å². The second kappa shape index (κ2) is 5.56. The van der Waals surface area contributed by atoms with Crippen LogP contribution in [0.5, 0.6) is 0 Å². The number of piperidine rings is 1. The van der Waals surface area contributed by atoms with Crippen molar-refractivity contribution < 1.29 is 9.21 Å². The number of hydrogen-bond acceptors (Lipinski definition) is 4. The van der Waals surface area contributed by atoms with Crippen molar-refractivity contribution in [2.45, 2.75) is 58.5 Å². The van der Waals surface area contributed by atoms with Gasteiger partial charge in [0.15, 0.2) is 0 Å². The summed E-state index contributed by atoms with van der Waals surface area (Å²) in [5, 5.41) is 0. The maximum absolute atomic E-state index is 11.4. The van der Waals surface area contributed by atoms with Crippen LogP contribution in [-0.4, -0.2) is 28.4 Å². The van der Waals surface area contributed by atoms with Crippen molar-refractivity contribution in [1.82, 2.24) is 9.88 Å². The molecule has 1 aliphatic rings. The molecule has 1 aromatic heterocycles. The maximum atomic E-state index is 11.4. The van der Waals surface area contributed by atoms with Gasteiger partial charge < -0.3 is 10.2 Å². The van der Waals surface area contributed by atoms with E-state index in [4.69, 9.17) is 10.2 Å². The smallest absolute Gasteiger partial charge is 0.221 e.